The largest absolute Gasteiger partial charge is 0.761 e. The summed E-state index contributed by atoms with van der Waals surface area (Å²) in [5.74, 6) is 0.578. The second kappa shape index (κ2) is 8.59. The number of benzene rings is 1. The fourth-order valence-corrected chi connectivity index (χ4v) is 3.64. The van der Waals surface area contributed by atoms with E-state index < -0.39 is 10.0 Å². The van der Waals surface area contributed by atoms with E-state index in [1.54, 1.807) is 5.48 Å². The highest BCUT2D eigenvalue weighted by atomic mass is 32.2. The van der Waals surface area contributed by atoms with Gasteiger partial charge in [-0.3, -0.25) is 0 Å². The topological polar surface area (TPSA) is 168 Å². The van der Waals surface area contributed by atoms with Crippen LogP contribution in [-0.4, -0.2) is 25.0 Å². The van der Waals surface area contributed by atoms with Crippen LogP contribution in [0.15, 0.2) is 29.2 Å². The zero-order valence-electron chi connectivity index (χ0n) is 15.2. The number of hydrogen-bond donors (Lipinski definition) is 4. The Hall–Kier alpha value is -2.63. The first kappa shape index (κ1) is 20.1. The van der Waals surface area contributed by atoms with Crippen LogP contribution in [0, 0.1) is 11.1 Å². The van der Waals surface area contributed by atoms with Gasteiger partial charge in [0.05, 0.1) is 11.5 Å². The normalized spacial score (nSPS) is 15.2. The van der Waals surface area contributed by atoms with Gasteiger partial charge in [-0.2, -0.15) is 9.97 Å². The quantitative estimate of drug-likeness (QED) is 0.503. The zero-order valence-corrected chi connectivity index (χ0v) is 16.0. The van der Waals surface area contributed by atoms with Crippen molar-refractivity contribution in [3.8, 4) is 5.88 Å². The average molecular weight is 407 g/mol. The molecule has 11 heteroatoms. The second-order valence-corrected chi connectivity index (χ2v) is 8.29. The molecule has 1 aromatic carbocycles. The minimum Gasteiger partial charge on any atom is -0.761 e. The summed E-state index contributed by atoms with van der Waals surface area (Å²) in [5.41, 5.74) is 8.09. The van der Waals surface area contributed by atoms with Gasteiger partial charge in [-0.1, -0.05) is 19.3 Å². The van der Waals surface area contributed by atoms with E-state index in [-0.39, 0.29) is 28.2 Å². The summed E-state index contributed by atoms with van der Waals surface area (Å²) < 4.78 is 28.4. The number of nitrogens with zero attached hydrogens (tertiary/aromatic N) is 2. The van der Waals surface area contributed by atoms with Crippen molar-refractivity contribution in [1.29, 1.82) is 0 Å². The lowest BCUT2D eigenvalue weighted by Gasteiger charge is -2.23. The third kappa shape index (κ3) is 5.00. The van der Waals surface area contributed by atoms with E-state index >= 15 is 0 Å². The number of sulfonamides is 1. The van der Waals surface area contributed by atoms with Crippen molar-refractivity contribution in [2.45, 2.75) is 37.0 Å². The molecule has 1 fully saturated rings. The van der Waals surface area contributed by atoms with Crippen LogP contribution < -0.4 is 26.4 Å². The van der Waals surface area contributed by atoms with E-state index in [2.05, 4.69) is 15.3 Å². The summed E-state index contributed by atoms with van der Waals surface area (Å²) in [6.45, 7) is 0.452. The van der Waals surface area contributed by atoms with Gasteiger partial charge < -0.3 is 26.5 Å². The van der Waals surface area contributed by atoms with Crippen molar-refractivity contribution in [3.63, 3.8) is 0 Å². The van der Waals surface area contributed by atoms with Gasteiger partial charge in [0.2, 0.25) is 21.9 Å². The standard InChI is InChI=1S/C17H23N6O4S/c18-15-14(23-24)16(27-10-11-4-2-1-3-5-11)22-17(21-15)20-12-6-8-13(9-7-12)28(19,25)26/h6-9,11,23H,1-5,10H2,(H2,19,25,26)(H3,18,20,21,22)/q-1. The number of ether oxygens (including phenoxy) is 1. The molecule has 0 spiro atoms. The third-order valence-electron chi connectivity index (χ3n) is 4.63. The number of rotatable bonds is 7. The summed E-state index contributed by atoms with van der Waals surface area (Å²) in [4.78, 5) is 8.25. The Morgan fingerprint density at radius 3 is 2.43 bits per heavy atom. The molecule has 1 aliphatic rings. The number of anilines is 4. The van der Waals surface area contributed by atoms with Crippen molar-refractivity contribution in [2.24, 2.45) is 11.1 Å². The van der Waals surface area contributed by atoms with Gasteiger partial charge in [0.15, 0.2) is 5.82 Å². The van der Waals surface area contributed by atoms with Crippen molar-refractivity contribution >= 4 is 33.2 Å². The minimum absolute atomic E-state index is 0.00840. The molecule has 0 saturated heterocycles. The number of nitrogens with two attached hydrogens (primary N) is 2. The fourth-order valence-electron chi connectivity index (χ4n) is 3.12. The lowest BCUT2D eigenvalue weighted by molar-refractivity contribution is 0.204. The van der Waals surface area contributed by atoms with Crippen LogP contribution >= 0.6 is 0 Å². The number of nitrogens with one attached hydrogen (secondary N) is 2. The molecule has 2 aromatic rings. The molecule has 10 nitrogen and oxygen atoms in total. The van der Waals surface area contributed by atoms with Gasteiger partial charge in [0.1, 0.15) is 5.69 Å². The molecule has 152 valence electrons. The van der Waals surface area contributed by atoms with Crippen LogP contribution in [0.5, 0.6) is 5.88 Å². The Bertz CT molecular complexity index is 914. The number of hydrogen-bond acceptors (Lipinski definition) is 9. The van der Waals surface area contributed by atoms with Gasteiger partial charge in [-0.15, -0.1) is 0 Å². The molecular weight excluding hydrogens is 384 g/mol. The minimum atomic E-state index is -3.78. The van der Waals surface area contributed by atoms with E-state index in [0.29, 0.717) is 18.2 Å². The summed E-state index contributed by atoms with van der Waals surface area (Å²) in [6, 6.07) is 5.74. The highest BCUT2D eigenvalue weighted by molar-refractivity contribution is 7.89. The van der Waals surface area contributed by atoms with E-state index in [4.69, 9.17) is 15.6 Å². The highest BCUT2D eigenvalue weighted by Gasteiger charge is 2.17. The first-order valence-electron chi connectivity index (χ1n) is 8.95. The molecule has 1 heterocycles. The predicted molar refractivity (Wildman–Crippen MR) is 107 cm³/mol. The maximum atomic E-state index is 11.3. The maximum absolute atomic E-state index is 11.3. The molecule has 0 unspecified atom stereocenters. The molecule has 1 saturated carbocycles. The number of nitrogen functional groups attached to an aromatic ring is 1. The van der Waals surface area contributed by atoms with Crippen LogP contribution in [0.1, 0.15) is 32.1 Å². The van der Waals surface area contributed by atoms with Gasteiger partial charge in [0.25, 0.3) is 0 Å². The van der Waals surface area contributed by atoms with E-state index in [1.807, 2.05) is 0 Å². The van der Waals surface area contributed by atoms with Gasteiger partial charge in [-0.25, -0.2) is 13.6 Å². The summed E-state index contributed by atoms with van der Waals surface area (Å²) in [6.07, 6.45) is 5.76. The fraction of sp³-hybridized carbons (Fsp3) is 0.412. The van der Waals surface area contributed by atoms with Gasteiger partial charge in [0, 0.05) is 5.69 Å². The second-order valence-electron chi connectivity index (χ2n) is 6.72. The summed E-state index contributed by atoms with van der Waals surface area (Å²) >= 11 is 0. The number of aromatic nitrogens is 2. The van der Waals surface area contributed by atoms with Crippen LogP contribution in [-0.2, 0) is 10.0 Å². The van der Waals surface area contributed by atoms with Crippen molar-refractivity contribution in [1.82, 2.24) is 9.97 Å². The van der Waals surface area contributed by atoms with E-state index in [0.717, 1.165) is 12.8 Å². The molecule has 0 bridgehead atoms. The Morgan fingerprint density at radius 2 is 1.82 bits per heavy atom. The Balaban J connectivity index is 1.76. The number of primary sulfonamides is 1. The highest BCUT2D eigenvalue weighted by Crippen LogP contribution is 2.31. The maximum Gasteiger partial charge on any atom is 0.243 e. The van der Waals surface area contributed by atoms with Crippen molar-refractivity contribution in [2.75, 3.05) is 23.1 Å². The van der Waals surface area contributed by atoms with Crippen LogP contribution in [0.4, 0.5) is 23.1 Å². The SMILES string of the molecule is Nc1nc(Nc2ccc(S(N)(=O)=O)cc2)nc(OCC2CCCCC2)c1N[O-]. The van der Waals surface area contributed by atoms with Crippen LogP contribution in [0.3, 0.4) is 0 Å². The van der Waals surface area contributed by atoms with Gasteiger partial charge >= 0.3 is 0 Å². The Labute approximate surface area is 163 Å². The first-order chi connectivity index (χ1) is 13.4. The third-order valence-corrected chi connectivity index (χ3v) is 5.55. The summed E-state index contributed by atoms with van der Waals surface area (Å²) in [7, 11) is -3.78. The molecule has 1 aromatic heterocycles. The molecule has 28 heavy (non-hydrogen) atoms. The molecule has 6 N–H and O–H groups in total. The monoisotopic (exact) mass is 407 g/mol. The molecule has 0 radical (unpaired) electrons. The van der Waals surface area contributed by atoms with E-state index in [9.17, 15) is 13.6 Å². The van der Waals surface area contributed by atoms with Gasteiger partial charge in [-0.05, 0) is 43.0 Å². The van der Waals surface area contributed by atoms with Crippen LogP contribution in [0.2, 0.25) is 0 Å². The molecular formula is C17H23N6O4S-. The molecule has 1 aliphatic carbocycles. The zero-order chi connectivity index (χ0) is 20.1. The Morgan fingerprint density at radius 1 is 1.14 bits per heavy atom. The molecule has 0 atom stereocenters. The van der Waals surface area contributed by atoms with Crippen LogP contribution in [0.25, 0.3) is 0 Å². The first-order valence-corrected chi connectivity index (χ1v) is 10.5. The summed E-state index contributed by atoms with van der Waals surface area (Å²) in [5, 5.41) is 19.2. The lowest BCUT2D eigenvalue weighted by atomic mass is 9.90. The smallest absolute Gasteiger partial charge is 0.243 e. The lowest BCUT2D eigenvalue weighted by Crippen LogP contribution is -2.17. The molecule has 0 aliphatic heterocycles. The van der Waals surface area contributed by atoms with E-state index in [1.165, 1.54) is 43.5 Å². The predicted octanol–water partition coefficient (Wildman–Crippen LogP) is 2.32. The van der Waals surface area contributed by atoms with Crippen molar-refractivity contribution < 1.29 is 13.2 Å². The van der Waals surface area contributed by atoms with Crippen molar-refractivity contribution in [3.05, 3.63) is 29.5 Å². The Kier molecular flexibility index (Phi) is 6.17. The molecule has 0 amide bonds. The average Bonchev–Trinajstić information content (AvgIpc) is 2.67. The molecule has 3 rings (SSSR count).